The number of carbonyl (C=O) groups is 1. The second-order valence-electron chi connectivity index (χ2n) is 7.85. The van der Waals surface area contributed by atoms with E-state index in [4.69, 9.17) is 0 Å². The fourth-order valence-electron chi connectivity index (χ4n) is 3.94. The minimum absolute atomic E-state index is 0.143. The number of aromatic nitrogens is 5. The van der Waals surface area contributed by atoms with Gasteiger partial charge in [-0.1, -0.05) is 0 Å². The van der Waals surface area contributed by atoms with Gasteiger partial charge in [0.1, 0.15) is 10.8 Å². The summed E-state index contributed by atoms with van der Waals surface area (Å²) in [6.45, 7) is 3.99. The van der Waals surface area contributed by atoms with Crippen LogP contribution in [0.4, 0.5) is 5.82 Å². The van der Waals surface area contributed by atoms with Gasteiger partial charge in [0.05, 0.1) is 17.8 Å². The van der Waals surface area contributed by atoms with Gasteiger partial charge in [-0.15, -0.1) is 11.3 Å². The smallest absolute Gasteiger partial charge is 0.253 e. The molecule has 1 aliphatic heterocycles. The molecule has 0 unspecified atom stereocenters. The number of thiazole rings is 1. The van der Waals surface area contributed by atoms with Crippen LogP contribution in [0.5, 0.6) is 0 Å². The number of rotatable bonds is 5. The SMILES string of the molecule is Cc1cc(C(=O)NCc2nccs2)cnc1N1CCc2ncc(-c3ccn(C)n3)cc2C1. The van der Waals surface area contributed by atoms with Crippen LogP contribution < -0.4 is 10.2 Å². The third-order valence-corrected chi connectivity index (χ3v) is 6.32. The molecule has 0 atom stereocenters. The first-order valence-corrected chi connectivity index (χ1v) is 11.3. The number of aryl methyl sites for hydroxylation is 2. The maximum absolute atomic E-state index is 12.5. The highest BCUT2D eigenvalue weighted by Crippen LogP contribution is 2.27. The highest BCUT2D eigenvalue weighted by Gasteiger charge is 2.21. The zero-order valence-corrected chi connectivity index (χ0v) is 18.8. The molecule has 32 heavy (non-hydrogen) atoms. The molecule has 0 bridgehead atoms. The maximum atomic E-state index is 12.5. The Bertz CT molecular complexity index is 1270. The fraction of sp³-hybridized carbons (Fsp3) is 0.261. The Hall–Kier alpha value is -3.59. The number of nitrogens with zero attached hydrogens (tertiary/aromatic N) is 6. The van der Waals surface area contributed by atoms with Crippen molar-refractivity contribution >= 4 is 23.1 Å². The number of fused-ring (bicyclic) bond motifs is 1. The Labute approximate surface area is 190 Å². The quantitative estimate of drug-likeness (QED) is 0.508. The van der Waals surface area contributed by atoms with Crippen LogP contribution in [0.3, 0.4) is 0 Å². The van der Waals surface area contributed by atoms with Crippen molar-refractivity contribution < 1.29 is 4.79 Å². The summed E-state index contributed by atoms with van der Waals surface area (Å²) in [6, 6.07) is 6.07. The summed E-state index contributed by atoms with van der Waals surface area (Å²) in [5.74, 6) is 0.755. The topological polar surface area (TPSA) is 88.8 Å². The van der Waals surface area contributed by atoms with Crippen LogP contribution in [0.2, 0.25) is 0 Å². The molecule has 0 aromatic carbocycles. The normalized spacial score (nSPS) is 13.1. The van der Waals surface area contributed by atoms with Crippen molar-refractivity contribution in [1.82, 2.24) is 30.0 Å². The molecule has 1 aliphatic rings. The van der Waals surface area contributed by atoms with Gasteiger partial charge in [0.25, 0.3) is 5.91 Å². The second-order valence-corrected chi connectivity index (χ2v) is 8.83. The lowest BCUT2D eigenvalue weighted by Gasteiger charge is -2.30. The van der Waals surface area contributed by atoms with Gasteiger partial charge in [-0.25, -0.2) is 9.97 Å². The lowest BCUT2D eigenvalue weighted by atomic mass is 10.0. The van der Waals surface area contributed by atoms with Crippen LogP contribution in [0, 0.1) is 6.92 Å². The third-order valence-electron chi connectivity index (χ3n) is 5.54. The number of nitrogens with one attached hydrogen (secondary N) is 1. The second kappa shape index (κ2) is 8.51. The van der Waals surface area contributed by atoms with Crippen molar-refractivity contribution in [2.24, 2.45) is 7.05 Å². The molecule has 4 aromatic heterocycles. The molecule has 0 spiro atoms. The monoisotopic (exact) mass is 445 g/mol. The maximum Gasteiger partial charge on any atom is 0.253 e. The van der Waals surface area contributed by atoms with Gasteiger partial charge < -0.3 is 10.2 Å². The molecule has 9 heteroatoms. The van der Waals surface area contributed by atoms with E-state index >= 15 is 0 Å². The van der Waals surface area contributed by atoms with Gasteiger partial charge in [-0.3, -0.25) is 14.5 Å². The lowest BCUT2D eigenvalue weighted by Crippen LogP contribution is -2.32. The number of carbonyl (C=O) groups excluding carboxylic acids is 1. The summed E-state index contributed by atoms with van der Waals surface area (Å²) in [6.07, 6.45) is 8.08. The number of hydrogen-bond acceptors (Lipinski definition) is 7. The zero-order chi connectivity index (χ0) is 22.1. The standard InChI is InChI=1S/C23H23N7OS/c1-15-9-17(23(31)27-13-21-24-5-8-32-21)12-26-22(15)30-7-4-19-18(14-30)10-16(11-25-19)20-3-6-29(2)28-20/h3,5-6,8-12H,4,7,13-14H2,1-2H3,(H,27,31). The molecule has 8 nitrogen and oxygen atoms in total. The Morgan fingerprint density at radius 3 is 2.88 bits per heavy atom. The summed E-state index contributed by atoms with van der Waals surface area (Å²) >= 11 is 1.52. The van der Waals surface area contributed by atoms with Gasteiger partial charge in [0.2, 0.25) is 0 Å². The van der Waals surface area contributed by atoms with Gasteiger partial charge in [0, 0.05) is 68.0 Å². The zero-order valence-electron chi connectivity index (χ0n) is 17.9. The van der Waals surface area contributed by atoms with E-state index in [1.54, 1.807) is 17.1 Å². The van der Waals surface area contributed by atoms with Gasteiger partial charge >= 0.3 is 0 Å². The Morgan fingerprint density at radius 2 is 2.12 bits per heavy atom. The Kier molecular flexibility index (Phi) is 5.40. The van der Waals surface area contributed by atoms with Crippen molar-refractivity contribution in [3.05, 3.63) is 75.8 Å². The molecule has 0 aliphatic carbocycles. The predicted molar refractivity (Wildman–Crippen MR) is 123 cm³/mol. The average Bonchev–Trinajstić information content (AvgIpc) is 3.48. The lowest BCUT2D eigenvalue weighted by molar-refractivity contribution is 0.0950. The molecule has 0 radical (unpaired) electrons. The molecule has 1 N–H and O–H groups in total. The van der Waals surface area contributed by atoms with E-state index in [0.717, 1.165) is 52.9 Å². The molecule has 0 fully saturated rings. The summed E-state index contributed by atoms with van der Waals surface area (Å²) < 4.78 is 1.79. The first kappa shape index (κ1) is 20.3. The van der Waals surface area contributed by atoms with Crippen molar-refractivity contribution in [3.8, 4) is 11.3 Å². The van der Waals surface area contributed by atoms with E-state index in [1.165, 1.54) is 16.9 Å². The van der Waals surface area contributed by atoms with Crippen molar-refractivity contribution in [2.75, 3.05) is 11.4 Å². The van der Waals surface area contributed by atoms with Crippen molar-refractivity contribution in [3.63, 3.8) is 0 Å². The first-order chi connectivity index (χ1) is 15.6. The predicted octanol–water partition coefficient (Wildman–Crippen LogP) is 3.13. The summed E-state index contributed by atoms with van der Waals surface area (Å²) in [5.41, 5.74) is 5.77. The highest BCUT2D eigenvalue weighted by atomic mass is 32.1. The summed E-state index contributed by atoms with van der Waals surface area (Å²) in [4.78, 5) is 28.3. The molecule has 1 amide bonds. The van der Waals surface area contributed by atoms with E-state index in [0.29, 0.717) is 12.1 Å². The van der Waals surface area contributed by atoms with Crippen LogP contribution in [0.1, 0.15) is 32.2 Å². The fourth-order valence-corrected chi connectivity index (χ4v) is 4.49. The van der Waals surface area contributed by atoms with E-state index < -0.39 is 0 Å². The number of hydrogen-bond donors (Lipinski definition) is 1. The summed E-state index contributed by atoms with van der Waals surface area (Å²) in [5, 5.41) is 10.2. The minimum Gasteiger partial charge on any atom is -0.352 e. The molecular formula is C23H23N7OS. The van der Waals surface area contributed by atoms with Crippen LogP contribution in [0.25, 0.3) is 11.3 Å². The number of anilines is 1. The van der Waals surface area contributed by atoms with Crippen molar-refractivity contribution in [1.29, 1.82) is 0 Å². The third kappa shape index (κ3) is 4.11. The van der Waals surface area contributed by atoms with Crippen molar-refractivity contribution in [2.45, 2.75) is 26.4 Å². The number of pyridine rings is 2. The largest absolute Gasteiger partial charge is 0.352 e. The first-order valence-electron chi connectivity index (χ1n) is 10.4. The van der Waals surface area contributed by atoms with E-state index in [1.807, 2.05) is 43.9 Å². The molecule has 5 rings (SSSR count). The van der Waals surface area contributed by atoms with Gasteiger partial charge in [-0.05, 0) is 36.2 Å². The van der Waals surface area contributed by atoms with E-state index in [2.05, 4.69) is 36.3 Å². The van der Waals surface area contributed by atoms with Crippen LogP contribution >= 0.6 is 11.3 Å². The van der Waals surface area contributed by atoms with Gasteiger partial charge in [-0.2, -0.15) is 5.10 Å². The molecule has 162 valence electrons. The van der Waals surface area contributed by atoms with Crippen LogP contribution in [0.15, 0.2) is 48.4 Å². The number of amides is 1. The average molecular weight is 446 g/mol. The molecule has 0 saturated carbocycles. The van der Waals surface area contributed by atoms with E-state index in [9.17, 15) is 4.79 Å². The molecule has 4 aromatic rings. The Morgan fingerprint density at radius 1 is 1.22 bits per heavy atom. The van der Waals surface area contributed by atoms with Crippen LogP contribution in [-0.2, 0) is 26.6 Å². The van der Waals surface area contributed by atoms with Gasteiger partial charge in [0.15, 0.2) is 0 Å². The molecule has 0 saturated heterocycles. The minimum atomic E-state index is -0.143. The summed E-state index contributed by atoms with van der Waals surface area (Å²) in [7, 11) is 1.91. The van der Waals surface area contributed by atoms with Crippen LogP contribution in [-0.4, -0.2) is 37.2 Å². The van der Waals surface area contributed by atoms with E-state index in [-0.39, 0.29) is 5.91 Å². The molecular weight excluding hydrogens is 422 g/mol. The molecule has 5 heterocycles. The Balaban J connectivity index is 1.32. The highest BCUT2D eigenvalue weighted by molar-refractivity contribution is 7.09.